The number of unbranched alkanes of at least 4 members (excludes halogenated alkanes) is 1. The minimum absolute atomic E-state index is 0.0209. The van der Waals surface area contributed by atoms with Crippen LogP contribution in [0.2, 0.25) is 5.15 Å². The fourth-order valence-corrected chi connectivity index (χ4v) is 2.85. The van der Waals surface area contributed by atoms with Crippen LogP contribution in [0.15, 0.2) is 24.3 Å². The number of ether oxygens (including phenoxy) is 1. The van der Waals surface area contributed by atoms with Gasteiger partial charge in [-0.3, -0.25) is 4.79 Å². The van der Waals surface area contributed by atoms with E-state index in [4.69, 9.17) is 21.4 Å². The lowest BCUT2D eigenvalue weighted by molar-refractivity contribution is -0.139. The number of carbonyl (C=O) groups excluding carboxylic acids is 1. The number of aromatic nitrogens is 2. The molecule has 6 nitrogen and oxygen atoms in total. The molecule has 0 spiro atoms. The molecule has 2 rings (SSSR count). The lowest BCUT2D eigenvalue weighted by atomic mass is 10.1. The summed E-state index contributed by atoms with van der Waals surface area (Å²) in [6, 6.07) is 6.69. The van der Waals surface area contributed by atoms with E-state index >= 15 is 0 Å². The number of aromatic carboxylic acids is 1. The first-order chi connectivity index (χ1) is 12.0. The van der Waals surface area contributed by atoms with E-state index in [-0.39, 0.29) is 17.1 Å². The van der Waals surface area contributed by atoms with Crippen LogP contribution >= 0.6 is 11.6 Å². The summed E-state index contributed by atoms with van der Waals surface area (Å²) in [5.41, 5.74) is 1.60. The Morgan fingerprint density at radius 2 is 2.12 bits per heavy atom. The number of hydrogen-bond acceptors (Lipinski definition) is 4. The van der Waals surface area contributed by atoms with E-state index in [1.54, 1.807) is 18.2 Å². The lowest BCUT2D eigenvalue weighted by Crippen LogP contribution is -2.14. The number of aryl methyl sites for hydroxylation is 1. The number of hydrogen-bond donors (Lipinski definition) is 1. The summed E-state index contributed by atoms with van der Waals surface area (Å²) in [4.78, 5) is 27.3. The molecule has 0 unspecified atom stereocenters. The summed E-state index contributed by atoms with van der Waals surface area (Å²) in [6.07, 6.45) is 2.70. The highest BCUT2D eigenvalue weighted by molar-refractivity contribution is 6.30. The summed E-state index contributed by atoms with van der Waals surface area (Å²) in [5, 5.41) is 9.44. The number of imidazole rings is 1. The highest BCUT2D eigenvalue weighted by Gasteiger charge is 2.19. The zero-order chi connectivity index (χ0) is 18.4. The smallest absolute Gasteiger partial charge is 0.335 e. The highest BCUT2D eigenvalue weighted by atomic mass is 35.5. The third-order valence-electron chi connectivity index (χ3n) is 3.91. The molecule has 0 aliphatic rings. The Balaban J connectivity index is 2.40. The molecular formula is C18H21ClN2O4. The maximum atomic E-state index is 11.7. The molecule has 0 aliphatic carbocycles. The van der Waals surface area contributed by atoms with E-state index in [0.717, 1.165) is 30.7 Å². The number of carboxylic acid groups (broad SMARTS) is 1. The van der Waals surface area contributed by atoms with Crippen molar-refractivity contribution in [1.82, 2.24) is 9.55 Å². The van der Waals surface area contributed by atoms with Crippen molar-refractivity contribution in [2.45, 2.75) is 39.2 Å². The monoisotopic (exact) mass is 364 g/mol. The molecule has 1 aromatic carbocycles. The predicted octanol–water partition coefficient (Wildman–Crippen LogP) is 3.34. The number of benzene rings is 1. The van der Waals surface area contributed by atoms with Gasteiger partial charge in [-0.2, -0.15) is 0 Å². The molecule has 134 valence electrons. The van der Waals surface area contributed by atoms with Crippen molar-refractivity contribution in [2.24, 2.45) is 0 Å². The summed E-state index contributed by atoms with van der Waals surface area (Å²) in [5.74, 6) is -0.595. The van der Waals surface area contributed by atoms with E-state index in [2.05, 4.69) is 11.9 Å². The van der Waals surface area contributed by atoms with Crippen molar-refractivity contribution in [1.29, 1.82) is 0 Å². The van der Waals surface area contributed by atoms with E-state index in [0.29, 0.717) is 12.2 Å². The van der Waals surface area contributed by atoms with Crippen molar-refractivity contribution >= 4 is 23.5 Å². The average Bonchev–Trinajstić information content (AvgIpc) is 2.88. The first-order valence-corrected chi connectivity index (χ1v) is 8.46. The summed E-state index contributed by atoms with van der Waals surface area (Å²) in [6.45, 7) is 2.48. The van der Waals surface area contributed by atoms with Crippen LogP contribution in [0.3, 0.4) is 0 Å². The lowest BCUT2D eigenvalue weighted by Gasteiger charge is -2.12. The molecule has 0 amide bonds. The molecule has 1 N–H and O–H groups in total. The fourth-order valence-electron chi connectivity index (χ4n) is 2.58. The molecule has 0 aliphatic heterocycles. The average molecular weight is 365 g/mol. The minimum Gasteiger partial charge on any atom is -0.478 e. The zero-order valence-electron chi connectivity index (χ0n) is 14.3. The Bertz CT molecular complexity index is 770. The molecule has 1 aromatic heterocycles. The van der Waals surface area contributed by atoms with Crippen LogP contribution in [-0.2, 0) is 28.9 Å². The zero-order valence-corrected chi connectivity index (χ0v) is 15.0. The van der Waals surface area contributed by atoms with Gasteiger partial charge in [0.05, 0.1) is 24.8 Å². The molecule has 0 saturated carbocycles. The van der Waals surface area contributed by atoms with Crippen LogP contribution in [-0.4, -0.2) is 33.7 Å². The second-order valence-electron chi connectivity index (χ2n) is 5.71. The van der Waals surface area contributed by atoms with Crippen LogP contribution < -0.4 is 0 Å². The van der Waals surface area contributed by atoms with Gasteiger partial charge in [-0.1, -0.05) is 37.1 Å². The maximum absolute atomic E-state index is 11.7. The Morgan fingerprint density at radius 1 is 1.36 bits per heavy atom. The van der Waals surface area contributed by atoms with Crippen LogP contribution in [0.4, 0.5) is 0 Å². The molecule has 1 heterocycles. The fraction of sp³-hybridized carbons (Fsp3) is 0.389. The van der Waals surface area contributed by atoms with Crippen LogP contribution in [0.5, 0.6) is 0 Å². The third-order valence-corrected chi connectivity index (χ3v) is 4.21. The minimum atomic E-state index is -0.980. The van der Waals surface area contributed by atoms with Crippen molar-refractivity contribution in [2.75, 3.05) is 7.11 Å². The van der Waals surface area contributed by atoms with Crippen LogP contribution in [0, 0.1) is 0 Å². The van der Waals surface area contributed by atoms with Gasteiger partial charge in [-0.15, -0.1) is 0 Å². The number of nitrogens with zero attached hydrogens (tertiary/aromatic N) is 2. The standard InChI is InChI=1S/C18H21ClN2O4/c1-3-4-8-15-20-17(19)14(10-16(22)25-2)21(15)11-12-6-5-7-13(9-12)18(23)24/h5-7,9H,3-4,8,10-11H2,1-2H3,(H,23,24). The molecule has 0 atom stereocenters. The van der Waals surface area contributed by atoms with Crippen LogP contribution in [0.25, 0.3) is 0 Å². The molecule has 0 fully saturated rings. The van der Waals surface area contributed by atoms with Gasteiger partial charge in [0.15, 0.2) is 5.15 Å². The summed E-state index contributed by atoms with van der Waals surface area (Å²) < 4.78 is 6.62. The van der Waals surface area contributed by atoms with Gasteiger partial charge in [0.1, 0.15) is 5.82 Å². The number of carbonyl (C=O) groups is 2. The summed E-state index contributed by atoms with van der Waals surface area (Å²) >= 11 is 6.24. The number of methoxy groups -OCH3 is 1. The second kappa shape index (κ2) is 8.67. The summed E-state index contributed by atoms with van der Waals surface area (Å²) in [7, 11) is 1.32. The number of carboxylic acids is 1. The van der Waals surface area contributed by atoms with Crippen molar-refractivity contribution in [3.63, 3.8) is 0 Å². The highest BCUT2D eigenvalue weighted by Crippen LogP contribution is 2.22. The van der Waals surface area contributed by atoms with Crippen LogP contribution in [0.1, 0.15) is 47.2 Å². The molecule has 7 heteroatoms. The number of rotatable bonds is 8. The van der Waals surface area contributed by atoms with E-state index in [1.807, 2.05) is 10.6 Å². The molecule has 0 saturated heterocycles. The SMILES string of the molecule is CCCCc1nc(Cl)c(CC(=O)OC)n1Cc1cccc(C(=O)O)c1. The Hall–Kier alpha value is -2.34. The molecule has 2 aromatic rings. The predicted molar refractivity (Wildman–Crippen MR) is 94.1 cm³/mol. The first kappa shape index (κ1) is 19.0. The van der Waals surface area contributed by atoms with Crippen molar-refractivity contribution in [3.05, 3.63) is 52.1 Å². The Kier molecular flexibility index (Phi) is 6.58. The maximum Gasteiger partial charge on any atom is 0.335 e. The molecule has 25 heavy (non-hydrogen) atoms. The second-order valence-corrected chi connectivity index (χ2v) is 6.07. The largest absolute Gasteiger partial charge is 0.478 e. The van der Waals surface area contributed by atoms with Crippen molar-refractivity contribution in [3.8, 4) is 0 Å². The third kappa shape index (κ3) is 4.82. The van der Waals surface area contributed by atoms with E-state index in [9.17, 15) is 9.59 Å². The van der Waals surface area contributed by atoms with E-state index in [1.165, 1.54) is 7.11 Å². The van der Waals surface area contributed by atoms with Gasteiger partial charge < -0.3 is 14.4 Å². The topological polar surface area (TPSA) is 81.4 Å². The number of halogens is 1. The van der Waals surface area contributed by atoms with Crippen molar-refractivity contribution < 1.29 is 19.4 Å². The number of esters is 1. The quantitative estimate of drug-likeness (QED) is 0.726. The van der Waals surface area contributed by atoms with Gasteiger partial charge >= 0.3 is 11.9 Å². The molecule has 0 bridgehead atoms. The first-order valence-electron chi connectivity index (χ1n) is 8.09. The Morgan fingerprint density at radius 3 is 2.76 bits per heavy atom. The Labute approximate surface area is 151 Å². The van der Waals surface area contributed by atoms with Gasteiger partial charge in [0.25, 0.3) is 0 Å². The van der Waals surface area contributed by atoms with Gasteiger partial charge in [-0.25, -0.2) is 9.78 Å². The normalized spacial score (nSPS) is 10.7. The molecule has 0 radical (unpaired) electrons. The van der Waals surface area contributed by atoms with E-state index < -0.39 is 11.9 Å². The van der Waals surface area contributed by atoms with Gasteiger partial charge in [-0.05, 0) is 24.1 Å². The molecular weight excluding hydrogens is 344 g/mol. The van der Waals surface area contributed by atoms with Gasteiger partial charge in [0.2, 0.25) is 0 Å². The van der Waals surface area contributed by atoms with Gasteiger partial charge in [0, 0.05) is 13.0 Å².